The molecule has 0 aliphatic carbocycles. The van der Waals surface area contributed by atoms with Gasteiger partial charge in [-0.1, -0.05) is 12.2 Å². The van der Waals surface area contributed by atoms with Crippen LogP contribution >= 0.6 is 0 Å². The minimum absolute atomic E-state index is 0.658. The van der Waals surface area contributed by atoms with Crippen LogP contribution in [0.25, 0.3) is 0 Å². The second kappa shape index (κ2) is 6.96. The number of nitrogens with one attached hydrogen (secondary N) is 1. The highest BCUT2D eigenvalue weighted by Crippen LogP contribution is 1.72. The Morgan fingerprint density at radius 1 is 1.60 bits per heavy atom. The van der Waals surface area contributed by atoms with Crippen LogP contribution in [0.3, 0.4) is 0 Å². The minimum atomic E-state index is -0.658. The fourth-order valence-electron chi connectivity index (χ4n) is 0.519. The fraction of sp³-hybridized carbons (Fsp3) is 0.714. The van der Waals surface area contributed by atoms with Crippen LogP contribution in [0.5, 0.6) is 0 Å². The summed E-state index contributed by atoms with van der Waals surface area (Å²) in [6, 6.07) is 0. The highest BCUT2D eigenvalue weighted by molar-refractivity contribution is 7.84. The van der Waals surface area contributed by atoms with Crippen molar-refractivity contribution in [1.29, 1.82) is 0 Å². The van der Waals surface area contributed by atoms with E-state index in [1.54, 1.807) is 6.26 Å². The van der Waals surface area contributed by atoms with E-state index in [1.807, 2.05) is 19.1 Å². The summed E-state index contributed by atoms with van der Waals surface area (Å²) in [7, 11) is -0.658. The van der Waals surface area contributed by atoms with Crippen molar-refractivity contribution in [3.8, 4) is 0 Å². The van der Waals surface area contributed by atoms with Gasteiger partial charge in [-0.05, 0) is 6.92 Å². The molecule has 3 heteroatoms. The standard InChI is InChI=1S/C7H15NOS/c1-3-4-5-8-6-7-10(2)9/h3-4,8H,5-7H2,1-2H3/b4-3+. The van der Waals surface area contributed by atoms with Crippen LogP contribution in [-0.4, -0.2) is 29.3 Å². The van der Waals surface area contributed by atoms with Gasteiger partial charge in [-0.15, -0.1) is 0 Å². The van der Waals surface area contributed by atoms with Gasteiger partial charge in [0.15, 0.2) is 0 Å². The zero-order valence-corrected chi connectivity index (χ0v) is 7.41. The van der Waals surface area contributed by atoms with Crippen molar-refractivity contribution < 1.29 is 4.21 Å². The first-order chi connectivity index (χ1) is 4.77. The van der Waals surface area contributed by atoms with Crippen molar-refractivity contribution in [2.24, 2.45) is 0 Å². The Morgan fingerprint density at radius 3 is 2.80 bits per heavy atom. The Labute approximate surface area is 65.2 Å². The molecule has 0 fully saturated rings. The van der Waals surface area contributed by atoms with E-state index in [0.29, 0.717) is 0 Å². The predicted octanol–water partition coefficient (Wildman–Crippen LogP) is 0.531. The van der Waals surface area contributed by atoms with Gasteiger partial charge in [0.05, 0.1) is 0 Å². The van der Waals surface area contributed by atoms with Gasteiger partial charge in [0.1, 0.15) is 0 Å². The lowest BCUT2D eigenvalue weighted by molar-refractivity contribution is 0.682. The zero-order chi connectivity index (χ0) is 7.82. The van der Waals surface area contributed by atoms with E-state index in [9.17, 15) is 4.21 Å². The normalized spacial score (nSPS) is 14.2. The Bertz CT molecular complexity index is 123. The molecule has 60 valence electrons. The predicted molar refractivity (Wildman–Crippen MR) is 46.6 cm³/mol. The smallest absolute Gasteiger partial charge is 0.0357 e. The number of hydrogen-bond acceptors (Lipinski definition) is 2. The van der Waals surface area contributed by atoms with Gasteiger partial charge in [0.2, 0.25) is 0 Å². The van der Waals surface area contributed by atoms with E-state index in [-0.39, 0.29) is 0 Å². The summed E-state index contributed by atoms with van der Waals surface area (Å²) in [5.41, 5.74) is 0. The molecule has 0 aromatic heterocycles. The van der Waals surface area contributed by atoms with Gasteiger partial charge < -0.3 is 5.32 Å². The van der Waals surface area contributed by atoms with Crippen molar-refractivity contribution in [3.63, 3.8) is 0 Å². The maximum Gasteiger partial charge on any atom is 0.0357 e. The molecule has 2 nitrogen and oxygen atoms in total. The van der Waals surface area contributed by atoms with E-state index in [2.05, 4.69) is 5.32 Å². The van der Waals surface area contributed by atoms with Crippen molar-refractivity contribution in [2.75, 3.05) is 25.1 Å². The molecule has 0 bridgehead atoms. The zero-order valence-electron chi connectivity index (χ0n) is 6.59. The number of allylic oxidation sites excluding steroid dienone is 1. The first-order valence-electron chi connectivity index (χ1n) is 3.39. The Morgan fingerprint density at radius 2 is 2.30 bits per heavy atom. The molecule has 0 rings (SSSR count). The third kappa shape index (κ3) is 7.85. The maximum atomic E-state index is 10.5. The van der Waals surface area contributed by atoms with E-state index in [4.69, 9.17) is 0 Å². The monoisotopic (exact) mass is 161 g/mol. The highest BCUT2D eigenvalue weighted by atomic mass is 32.2. The Kier molecular flexibility index (Phi) is 6.86. The molecule has 0 amide bonds. The lowest BCUT2D eigenvalue weighted by Gasteiger charge is -1.97. The Hall–Kier alpha value is -0.150. The molecule has 0 saturated carbocycles. The molecule has 10 heavy (non-hydrogen) atoms. The second-order valence-corrected chi connectivity index (χ2v) is 3.61. The summed E-state index contributed by atoms with van der Waals surface area (Å²) in [5, 5.41) is 3.14. The first kappa shape index (κ1) is 9.85. The fourth-order valence-corrected chi connectivity index (χ4v) is 0.951. The first-order valence-corrected chi connectivity index (χ1v) is 5.12. The molecule has 0 aliphatic rings. The average Bonchev–Trinajstić information content (AvgIpc) is 1.87. The third-order valence-corrected chi connectivity index (χ3v) is 1.84. The SMILES string of the molecule is C/C=C/CNCCS(C)=O. The summed E-state index contributed by atoms with van der Waals surface area (Å²) < 4.78 is 10.5. The van der Waals surface area contributed by atoms with Crippen LogP contribution in [-0.2, 0) is 10.8 Å². The summed E-state index contributed by atoms with van der Waals surface area (Å²) in [5.74, 6) is 0.748. The van der Waals surface area contributed by atoms with Crippen molar-refractivity contribution in [2.45, 2.75) is 6.92 Å². The van der Waals surface area contributed by atoms with Crippen molar-refractivity contribution in [3.05, 3.63) is 12.2 Å². The van der Waals surface area contributed by atoms with Crippen LogP contribution < -0.4 is 5.32 Å². The molecule has 0 radical (unpaired) electrons. The molecule has 0 aromatic carbocycles. The van der Waals surface area contributed by atoms with Crippen LogP contribution in [0.2, 0.25) is 0 Å². The number of hydrogen-bond donors (Lipinski definition) is 1. The lowest BCUT2D eigenvalue weighted by Crippen LogP contribution is -2.19. The molecule has 0 aliphatic heterocycles. The summed E-state index contributed by atoms with van der Waals surface area (Å²) >= 11 is 0. The average molecular weight is 161 g/mol. The third-order valence-electron chi connectivity index (χ3n) is 1.06. The van der Waals surface area contributed by atoms with Gasteiger partial charge in [-0.3, -0.25) is 4.21 Å². The molecule has 0 aromatic rings. The van der Waals surface area contributed by atoms with Gasteiger partial charge in [-0.2, -0.15) is 0 Å². The lowest BCUT2D eigenvalue weighted by atomic mass is 10.5. The molecule has 1 atom stereocenters. The Balaban J connectivity index is 2.98. The largest absolute Gasteiger partial charge is 0.312 e. The molecular formula is C7H15NOS. The summed E-state index contributed by atoms with van der Waals surface area (Å²) in [4.78, 5) is 0. The van der Waals surface area contributed by atoms with E-state index >= 15 is 0 Å². The van der Waals surface area contributed by atoms with Gasteiger partial charge >= 0.3 is 0 Å². The topological polar surface area (TPSA) is 29.1 Å². The maximum absolute atomic E-state index is 10.5. The summed E-state index contributed by atoms with van der Waals surface area (Å²) in [6.45, 7) is 3.71. The molecule has 0 spiro atoms. The van der Waals surface area contributed by atoms with Crippen LogP contribution in [0.15, 0.2) is 12.2 Å². The quantitative estimate of drug-likeness (QED) is 0.471. The molecular weight excluding hydrogens is 146 g/mol. The van der Waals surface area contributed by atoms with E-state index < -0.39 is 10.8 Å². The van der Waals surface area contributed by atoms with Crippen LogP contribution in [0, 0.1) is 0 Å². The molecule has 1 unspecified atom stereocenters. The van der Waals surface area contributed by atoms with Gasteiger partial charge in [-0.25, -0.2) is 0 Å². The van der Waals surface area contributed by atoms with Crippen molar-refractivity contribution in [1.82, 2.24) is 5.32 Å². The minimum Gasteiger partial charge on any atom is -0.312 e. The van der Waals surface area contributed by atoms with E-state index in [0.717, 1.165) is 18.8 Å². The molecule has 0 heterocycles. The second-order valence-electron chi connectivity index (χ2n) is 2.05. The highest BCUT2D eigenvalue weighted by Gasteiger charge is 1.87. The number of rotatable bonds is 5. The van der Waals surface area contributed by atoms with Crippen LogP contribution in [0.4, 0.5) is 0 Å². The van der Waals surface area contributed by atoms with Crippen LogP contribution in [0.1, 0.15) is 6.92 Å². The van der Waals surface area contributed by atoms with Gasteiger partial charge in [0.25, 0.3) is 0 Å². The molecule has 1 N–H and O–H groups in total. The van der Waals surface area contributed by atoms with Gasteiger partial charge in [0, 0.05) is 35.9 Å². The molecule has 0 saturated heterocycles. The van der Waals surface area contributed by atoms with E-state index in [1.165, 1.54) is 0 Å². The van der Waals surface area contributed by atoms with Crippen molar-refractivity contribution >= 4 is 10.8 Å². The summed E-state index contributed by atoms with van der Waals surface area (Å²) in [6.07, 6.45) is 5.76.